The van der Waals surface area contributed by atoms with Crippen molar-refractivity contribution in [2.75, 3.05) is 0 Å². The summed E-state index contributed by atoms with van der Waals surface area (Å²) < 4.78 is 48.3. The number of carbonyl (C=O) groups excluding carboxylic acids is 2. The summed E-state index contributed by atoms with van der Waals surface area (Å²) in [6.45, 7) is 0. The number of hydrogen-bond acceptors (Lipinski definition) is 7. The number of rotatable bonds is 0. The molecule has 2 heterocycles. The molecule has 25 heavy (non-hydrogen) atoms. The fourth-order valence-electron chi connectivity index (χ4n) is 2.24. The zero-order chi connectivity index (χ0) is 17.5. The number of fused-ring (bicyclic) bond motifs is 2. The molecule has 0 saturated heterocycles. The molecule has 0 atom stereocenters. The molecule has 0 fully saturated rings. The van der Waals surface area contributed by atoms with Gasteiger partial charge in [0, 0.05) is 0 Å². The van der Waals surface area contributed by atoms with Crippen molar-refractivity contribution in [1.82, 2.24) is 15.6 Å². The summed E-state index contributed by atoms with van der Waals surface area (Å²) in [6.07, 6.45) is 0. The lowest BCUT2D eigenvalue weighted by atomic mass is 10.2. The highest BCUT2D eigenvalue weighted by molar-refractivity contribution is 7.91. The zero-order valence-electron chi connectivity index (χ0n) is 12.6. The van der Waals surface area contributed by atoms with Crippen LogP contribution in [0.1, 0.15) is 20.7 Å². The monoisotopic (exact) mass is 383 g/mol. The van der Waals surface area contributed by atoms with Crippen molar-refractivity contribution in [3.05, 3.63) is 59.7 Å². The maximum absolute atomic E-state index is 11.1. The highest BCUT2D eigenvalue weighted by Gasteiger charge is 2.32. The Hall–Kier alpha value is -2.76. The summed E-state index contributed by atoms with van der Waals surface area (Å²) in [6, 6.07) is 12.2. The van der Waals surface area contributed by atoms with Crippen molar-refractivity contribution in [3.8, 4) is 0 Å². The summed E-state index contributed by atoms with van der Waals surface area (Å²) in [5, 5.41) is 0. The molecule has 0 bridgehead atoms. The van der Waals surface area contributed by atoms with Crippen LogP contribution in [0.15, 0.2) is 58.3 Å². The van der Waals surface area contributed by atoms with Gasteiger partial charge in [0.2, 0.25) is 0 Å². The van der Waals surface area contributed by atoms with Crippen LogP contribution in [0.4, 0.5) is 0 Å². The van der Waals surface area contributed by atoms with E-state index in [2.05, 4.69) is 0 Å². The van der Waals surface area contributed by atoms with E-state index in [-0.39, 0.29) is 27.1 Å². The van der Waals surface area contributed by atoms with E-state index in [1.54, 1.807) is 24.3 Å². The van der Waals surface area contributed by atoms with E-state index in [4.69, 9.17) is 0 Å². The van der Waals surface area contributed by atoms with Gasteiger partial charge in [-0.3, -0.25) is 9.59 Å². The van der Waals surface area contributed by atoms with Crippen LogP contribution in [-0.2, 0) is 20.0 Å². The summed E-state index contributed by atoms with van der Waals surface area (Å²) in [7, 11) is -7.11. The second-order valence-corrected chi connectivity index (χ2v) is 8.16. The molecular formula is C14H13N3O6S2. The van der Waals surface area contributed by atoms with Gasteiger partial charge in [-0.25, -0.2) is 26.3 Å². The molecule has 132 valence electrons. The average molecular weight is 383 g/mol. The fourth-order valence-corrected chi connectivity index (χ4v) is 4.59. The van der Waals surface area contributed by atoms with E-state index >= 15 is 0 Å². The Morgan fingerprint density at radius 3 is 1.24 bits per heavy atom. The van der Waals surface area contributed by atoms with Crippen molar-refractivity contribution in [1.29, 1.82) is 0 Å². The fraction of sp³-hybridized carbons (Fsp3) is 0. The van der Waals surface area contributed by atoms with E-state index in [0.717, 1.165) is 0 Å². The largest absolute Gasteiger partial charge is 0.344 e. The van der Waals surface area contributed by atoms with Crippen molar-refractivity contribution in [2.24, 2.45) is 0 Å². The minimum atomic E-state index is -3.55. The Labute approximate surface area is 143 Å². The number of carbonyl (C=O) groups is 2. The highest BCUT2D eigenvalue weighted by atomic mass is 32.2. The van der Waals surface area contributed by atoms with Gasteiger partial charge in [-0.05, 0) is 24.3 Å². The van der Waals surface area contributed by atoms with Crippen molar-refractivity contribution < 1.29 is 26.4 Å². The number of amides is 2. The zero-order valence-corrected chi connectivity index (χ0v) is 14.2. The van der Waals surface area contributed by atoms with Gasteiger partial charge in [0.25, 0.3) is 31.9 Å². The van der Waals surface area contributed by atoms with Crippen LogP contribution < -0.4 is 15.6 Å². The van der Waals surface area contributed by atoms with E-state index in [0.29, 0.717) is 0 Å². The number of nitrogens with one attached hydrogen (secondary N) is 2. The van der Waals surface area contributed by atoms with Gasteiger partial charge in [0.05, 0.1) is 11.1 Å². The molecule has 0 aromatic heterocycles. The van der Waals surface area contributed by atoms with Crippen molar-refractivity contribution >= 4 is 31.9 Å². The van der Waals surface area contributed by atoms with Crippen LogP contribution in [0.2, 0.25) is 0 Å². The van der Waals surface area contributed by atoms with Crippen LogP contribution in [0.5, 0.6) is 0 Å². The third-order valence-corrected chi connectivity index (χ3v) is 6.07. The predicted molar refractivity (Wildman–Crippen MR) is 87.2 cm³/mol. The first-order valence-corrected chi connectivity index (χ1v) is 9.51. The maximum atomic E-state index is 11.1. The van der Waals surface area contributed by atoms with Gasteiger partial charge < -0.3 is 6.15 Å². The van der Waals surface area contributed by atoms with Crippen molar-refractivity contribution in [3.63, 3.8) is 0 Å². The van der Waals surface area contributed by atoms with Gasteiger partial charge >= 0.3 is 0 Å². The molecule has 0 saturated carbocycles. The third-order valence-electron chi connectivity index (χ3n) is 3.30. The van der Waals surface area contributed by atoms with E-state index < -0.39 is 31.9 Å². The molecule has 9 nitrogen and oxygen atoms in total. The average Bonchev–Trinajstić information content (AvgIpc) is 2.91. The maximum Gasteiger partial charge on any atom is 0.266 e. The topological polar surface area (TPSA) is 161 Å². The molecule has 0 radical (unpaired) electrons. The second kappa shape index (κ2) is 6.27. The summed E-state index contributed by atoms with van der Waals surface area (Å²) in [5.74, 6) is -1.10. The lowest BCUT2D eigenvalue weighted by Gasteiger charge is -1.91. The van der Waals surface area contributed by atoms with Crippen molar-refractivity contribution in [2.45, 2.75) is 9.79 Å². The molecule has 0 aliphatic carbocycles. The minimum absolute atomic E-state index is 0. The quantitative estimate of drug-likeness (QED) is 0.593. The van der Waals surface area contributed by atoms with Gasteiger partial charge in [-0.15, -0.1) is 0 Å². The molecule has 4 rings (SSSR count). The SMILES string of the molecule is N.O=C1NS(=O)(=O)c2ccccc21.O=C1NS(=O)(=O)c2ccccc21. The van der Waals surface area contributed by atoms with Gasteiger partial charge in [0.1, 0.15) is 9.79 Å². The number of sulfonamides is 2. The summed E-state index contributed by atoms with van der Waals surface area (Å²) >= 11 is 0. The second-order valence-electron chi connectivity index (χ2n) is 4.86. The lowest BCUT2D eigenvalue weighted by Crippen LogP contribution is -2.20. The Morgan fingerprint density at radius 2 is 0.920 bits per heavy atom. The standard InChI is InChI=1S/2C7H5NO3S.H3N/c2*9-7-5-3-1-2-4-6(5)12(10,11)8-7;/h2*1-4H,(H,8,9);1H3. The molecule has 5 N–H and O–H groups in total. The van der Waals surface area contributed by atoms with Crippen LogP contribution in [-0.4, -0.2) is 28.6 Å². The van der Waals surface area contributed by atoms with E-state index in [9.17, 15) is 26.4 Å². The normalized spacial score (nSPS) is 17.8. The van der Waals surface area contributed by atoms with Gasteiger partial charge in [-0.2, -0.15) is 0 Å². The van der Waals surface area contributed by atoms with Crippen LogP contribution in [0.25, 0.3) is 0 Å². The molecular weight excluding hydrogens is 370 g/mol. The molecule has 2 aromatic carbocycles. The number of hydrogen-bond donors (Lipinski definition) is 3. The van der Waals surface area contributed by atoms with Crippen LogP contribution >= 0.6 is 0 Å². The molecule has 2 aliphatic rings. The Kier molecular flexibility index (Phi) is 4.66. The molecule has 11 heteroatoms. The smallest absolute Gasteiger partial charge is 0.266 e. The lowest BCUT2D eigenvalue weighted by molar-refractivity contribution is 0.0976. The van der Waals surface area contributed by atoms with Gasteiger partial charge in [-0.1, -0.05) is 24.3 Å². The first-order chi connectivity index (χ1) is 11.2. The molecule has 2 amide bonds. The van der Waals surface area contributed by atoms with Gasteiger partial charge in [0.15, 0.2) is 0 Å². The minimum Gasteiger partial charge on any atom is -0.344 e. The highest BCUT2D eigenvalue weighted by Crippen LogP contribution is 2.21. The van der Waals surface area contributed by atoms with E-state index in [1.165, 1.54) is 24.3 Å². The van der Waals surface area contributed by atoms with E-state index in [1.807, 2.05) is 9.44 Å². The van der Waals surface area contributed by atoms with Crippen LogP contribution in [0, 0.1) is 0 Å². The van der Waals surface area contributed by atoms with Crippen LogP contribution in [0.3, 0.4) is 0 Å². The third kappa shape index (κ3) is 3.24. The first kappa shape index (κ1) is 18.6. The molecule has 2 aliphatic heterocycles. The summed E-state index contributed by atoms with van der Waals surface area (Å²) in [5.41, 5.74) is 0.440. The summed E-state index contributed by atoms with van der Waals surface area (Å²) in [4.78, 5) is 22.1. The predicted octanol–water partition coefficient (Wildman–Crippen LogP) is 0.399. The Balaban J connectivity index is 0.000000173. The molecule has 2 aromatic rings. The molecule has 0 spiro atoms. The first-order valence-electron chi connectivity index (χ1n) is 6.55. The Morgan fingerprint density at radius 1 is 0.600 bits per heavy atom. The number of benzene rings is 2. The molecule has 0 unspecified atom stereocenters. The Bertz CT molecular complexity index is 990.